The second-order valence-electron chi connectivity index (χ2n) is 3.61. The number of nitrogens with zero attached hydrogens (tertiary/aromatic N) is 2. The van der Waals surface area contributed by atoms with E-state index in [0.29, 0.717) is 0 Å². The molecule has 0 bridgehead atoms. The third-order valence-electron chi connectivity index (χ3n) is 2.44. The first kappa shape index (κ1) is 16.5. The van der Waals surface area contributed by atoms with Gasteiger partial charge in [0.15, 0.2) is 4.99 Å². The summed E-state index contributed by atoms with van der Waals surface area (Å²) in [5, 5.41) is 17.7. The summed E-state index contributed by atoms with van der Waals surface area (Å²) in [6.07, 6.45) is 0. The van der Waals surface area contributed by atoms with Gasteiger partial charge in [-0.25, -0.2) is 0 Å². The van der Waals surface area contributed by atoms with Crippen LogP contribution in [0.5, 0.6) is 0 Å². The highest BCUT2D eigenvalue weighted by molar-refractivity contribution is 7.88. The van der Waals surface area contributed by atoms with Crippen LogP contribution >= 0.6 is 0 Å². The molecule has 1 fully saturated rings. The van der Waals surface area contributed by atoms with Gasteiger partial charge in [-0.2, -0.15) is 21.1 Å². The van der Waals surface area contributed by atoms with E-state index in [1.165, 1.54) is 0 Å². The molecule has 0 atom stereocenters. The van der Waals surface area contributed by atoms with Crippen molar-refractivity contribution >= 4 is 25.5 Å². The zero-order valence-corrected chi connectivity index (χ0v) is 11.7. The molecule has 0 unspecified atom stereocenters. The summed E-state index contributed by atoms with van der Waals surface area (Å²) in [7, 11) is -6.82. The van der Waals surface area contributed by atoms with Crippen LogP contribution in [0, 0.1) is 0 Å². The third-order valence-corrected chi connectivity index (χ3v) is 5.25. The van der Waals surface area contributed by atoms with Crippen molar-refractivity contribution in [1.82, 2.24) is 8.61 Å². The van der Waals surface area contributed by atoms with Crippen molar-refractivity contribution in [3.63, 3.8) is 0 Å². The summed E-state index contributed by atoms with van der Waals surface area (Å²) in [4.78, 5) is -0.382. The zero-order chi connectivity index (χ0) is 14.5. The molecule has 9 nitrogen and oxygen atoms in total. The van der Waals surface area contributed by atoms with Crippen LogP contribution in [0.1, 0.15) is 0 Å². The fourth-order valence-electron chi connectivity index (χ4n) is 1.58. The first-order valence-electron chi connectivity index (χ1n) is 5.47. The van der Waals surface area contributed by atoms with Crippen LogP contribution in [0.25, 0.3) is 0 Å². The molecule has 112 valence electrons. The lowest BCUT2D eigenvalue weighted by atomic mass is 10.5. The van der Waals surface area contributed by atoms with Crippen molar-refractivity contribution in [1.29, 1.82) is 0 Å². The number of rotatable bonds is 6. The van der Waals surface area contributed by atoms with Crippen molar-refractivity contribution in [2.45, 2.75) is 0 Å². The van der Waals surface area contributed by atoms with Gasteiger partial charge in [0.1, 0.15) is 0 Å². The van der Waals surface area contributed by atoms with E-state index in [-0.39, 0.29) is 37.8 Å². The maximum atomic E-state index is 12.3. The lowest BCUT2D eigenvalue weighted by molar-refractivity contribution is 0.137. The van der Waals surface area contributed by atoms with Crippen molar-refractivity contribution in [3.05, 3.63) is 0 Å². The maximum absolute atomic E-state index is 12.3. The smallest absolute Gasteiger partial charge is 0.287 e. The number of hydrogen-bond acceptors (Lipinski definition) is 7. The first-order valence-corrected chi connectivity index (χ1v) is 7.94. The van der Waals surface area contributed by atoms with Gasteiger partial charge in [-0.3, -0.25) is 0 Å². The predicted octanol–water partition coefficient (Wildman–Crippen LogP) is -3.14. The molecule has 11 heteroatoms. The van der Waals surface area contributed by atoms with Crippen molar-refractivity contribution in [2.75, 3.05) is 46.1 Å². The third kappa shape index (κ3) is 3.95. The molecular formula is C8H16N2O7S2. The van der Waals surface area contributed by atoms with E-state index < -0.39 is 33.7 Å². The standard InChI is InChI=1S/C8H16N2O7S2/c11-4-1-9(2-5-12)19(15,16)10-3-6-17-7-8(10)18(13)14/h11-12H,1-7H2. The summed E-state index contributed by atoms with van der Waals surface area (Å²) in [6, 6.07) is 0. The van der Waals surface area contributed by atoms with Crippen LogP contribution in [0.2, 0.25) is 0 Å². The first-order chi connectivity index (χ1) is 8.95. The Morgan fingerprint density at radius 1 is 1.26 bits per heavy atom. The van der Waals surface area contributed by atoms with Gasteiger partial charge >= 0.3 is 0 Å². The molecule has 0 spiro atoms. The molecule has 1 heterocycles. The minimum absolute atomic E-state index is 0.0754. The van der Waals surface area contributed by atoms with Crippen molar-refractivity contribution < 1.29 is 31.8 Å². The van der Waals surface area contributed by atoms with E-state index in [2.05, 4.69) is 0 Å². The Labute approximate surface area is 112 Å². The average molecular weight is 316 g/mol. The Morgan fingerprint density at radius 2 is 1.84 bits per heavy atom. The fourth-order valence-corrected chi connectivity index (χ4v) is 4.00. The van der Waals surface area contributed by atoms with E-state index in [4.69, 9.17) is 14.9 Å². The Morgan fingerprint density at radius 3 is 2.32 bits per heavy atom. The topological polar surface area (TPSA) is 124 Å². The van der Waals surface area contributed by atoms with Gasteiger partial charge < -0.3 is 14.9 Å². The Hall–Kier alpha value is -0.560. The number of aliphatic hydroxyl groups is 2. The highest BCUT2D eigenvalue weighted by atomic mass is 32.2. The molecule has 2 N–H and O–H groups in total. The van der Waals surface area contributed by atoms with Crippen LogP contribution in [-0.2, 0) is 25.2 Å². The second-order valence-corrected chi connectivity index (χ2v) is 6.40. The monoisotopic (exact) mass is 316 g/mol. The van der Waals surface area contributed by atoms with E-state index in [0.717, 1.165) is 8.61 Å². The Bertz CT molecular complexity index is 513. The number of hydrogen-bond donors (Lipinski definition) is 2. The van der Waals surface area contributed by atoms with E-state index in [1.807, 2.05) is 0 Å². The van der Waals surface area contributed by atoms with Gasteiger partial charge in [-0.1, -0.05) is 0 Å². The zero-order valence-electron chi connectivity index (χ0n) is 10.1. The van der Waals surface area contributed by atoms with Gasteiger partial charge in [-0.15, -0.1) is 4.31 Å². The van der Waals surface area contributed by atoms with Crippen LogP contribution in [0.4, 0.5) is 0 Å². The van der Waals surface area contributed by atoms with Gasteiger partial charge in [0.2, 0.25) is 10.3 Å². The van der Waals surface area contributed by atoms with Gasteiger partial charge in [0, 0.05) is 19.6 Å². The lowest BCUT2D eigenvalue weighted by Gasteiger charge is -2.31. The molecule has 0 amide bonds. The molecule has 19 heavy (non-hydrogen) atoms. The van der Waals surface area contributed by atoms with Crippen LogP contribution < -0.4 is 0 Å². The maximum Gasteiger partial charge on any atom is 0.287 e. The summed E-state index contributed by atoms with van der Waals surface area (Å²) < 4.78 is 53.0. The number of ether oxygens (including phenoxy) is 1. The van der Waals surface area contributed by atoms with Gasteiger partial charge in [0.05, 0.1) is 26.4 Å². The highest BCUT2D eigenvalue weighted by Gasteiger charge is 2.35. The quantitative estimate of drug-likeness (QED) is 0.496. The van der Waals surface area contributed by atoms with Crippen molar-refractivity contribution in [2.24, 2.45) is 0 Å². The Kier molecular flexibility index (Phi) is 6.32. The molecule has 1 rings (SSSR count). The molecule has 0 saturated carbocycles. The molecule has 0 aromatic rings. The van der Waals surface area contributed by atoms with Gasteiger partial charge in [0.25, 0.3) is 10.2 Å². The van der Waals surface area contributed by atoms with Crippen LogP contribution in [0.15, 0.2) is 0 Å². The molecule has 0 radical (unpaired) electrons. The average Bonchev–Trinajstić information content (AvgIpc) is 2.38. The van der Waals surface area contributed by atoms with E-state index in [1.54, 1.807) is 0 Å². The fraction of sp³-hybridized carbons (Fsp3) is 0.875. The molecular weight excluding hydrogens is 300 g/mol. The van der Waals surface area contributed by atoms with Gasteiger partial charge in [-0.05, 0) is 0 Å². The van der Waals surface area contributed by atoms with E-state index >= 15 is 0 Å². The summed E-state index contributed by atoms with van der Waals surface area (Å²) >= 11 is 0. The highest BCUT2D eigenvalue weighted by Crippen LogP contribution is 2.12. The van der Waals surface area contributed by atoms with E-state index in [9.17, 15) is 16.8 Å². The molecule has 1 aliphatic heterocycles. The summed E-state index contributed by atoms with van der Waals surface area (Å²) in [5.41, 5.74) is 0. The SMILES string of the molecule is O=S(=O)=C1COCCN1S(=O)(=O)N(CCO)CCO. The molecule has 0 aromatic heterocycles. The normalized spacial score (nSPS) is 17.9. The largest absolute Gasteiger partial charge is 0.395 e. The van der Waals surface area contributed by atoms with Crippen molar-refractivity contribution in [3.8, 4) is 0 Å². The molecule has 1 saturated heterocycles. The number of morpholine rings is 1. The Balaban J connectivity index is 3.11. The number of aliphatic hydroxyl groups excluding tert-OH is 2. The molecule has 1 aliphatic rings. The second kappa shape index (κ2) is 7.28. The van der Waals surface area contributed by atoms with Crippen LogP contribution in [-0.4, -0.2) is 86.7 Å². The minimum Gasteiger partial charge on any atom is -0.395 e. The van der Waals surface area contributed by atoms with Crippen LogP contribution in [0.3, 0.4) is 0 Å². The summed E-state index contributed by atoms with van der Waals surface area (Å²) in [5.74, 6) is 0. The molecule has 0 aliphatic carbocycles. The lowest BCUT2D eigenvalue weighted by Crippen LogP contribution is -2.53. The minimum atomic E-state index is -4.11. The molecule has 0 aromatic carbocycles. The predicted molar refractivity (Wildman–Crippen MR) is 66.1 cm³/mol. The summed E-state index contributed by atoms with van der Waals surface area (Å²) in [6.45, 7) is -1.68.